The van der Waals surface area contributed by atoms with Crippen molar-refractivity contribution in [1.29, 1.82) is 0 Å². The summed E-state index contributed by atoms with van der Waals surface area (Å²) in [5, 5.41) is 0. The Hall–Kier alpha value is -2.80. The molecule has 0 spiro atoms. The lowest BCUT2D eigenvalue weighted by atomic mass is 10.2. The number of nitrogens with one attached hydrogen (secondary N) is 1. The molecule has 7 nitrogen and oxygen atoms in total. The molecule has 0 fully saturated rings. The van der Waals surface area contributed by atoms with Gasteiger partial charge in [0.2, 0.25) is 5.91 Å². The van der Waals surface area contributed by atoms with Gasteiger partial charge < -0.3 is 14.7 Å². The first-order valence-electron chi connectivity index (χ1n) is 10.2. The van der Waals surface area contributed by atoms with Crippen LogP contribution < -0.4 is 4.90 Å². The standard InChI is InChI=1S/C22H31N5O2/c1-4-13-26(22(29)20-17-23-11-12-24-20)14-10-21(28)27(16-15-25(2)3)18-19-8-6-5-7-9-19/h5-9,11-12,17H,4,10,13-16,18H2,1-3H3/p+1. The Morgan fingerprint density at radius 1 is 1.00 bits per heavy atom. The number of rotatable bonds is 11. The molecule has 0 aliphatic rings. The van der Waals surface area contributed by atoms with E-state index in [1.807, 2.05) is 42.2 Å². The van der Waals surface area contributed by atoms with Gasteiger partial charge in [-0.3, -0.25) is 14.6 Å². The molecule has 2 aromatic rings. The van der Waals surface area contributed by atoms with Crippen molar-refractivity contribution in [3.05, 3.63) is 60.2 Å². The molecule has 1 aromatic carbocycles. The van der Waals surface area contributed by atoms with Gasteiger partial charge in [-0.1, -0.05) is 37.3 Å². The van der Waals surface area contributed by atoms with Crippen molar-refractivity contribution in [2.75, 3.05) is 40.3 Å². The molecule has 7 heteroatoms. The summed E-state index contributed by atoms with van der Waals surface area (Å²) in [7, 11) is 4.15. The smallest absolute Gasteiger partial charge is 0.274 e. The van der Waals surface area contributed by atoms with E-state index in [0.717, 1.165) is 18.5 Å². The average Bonchev–Trinajstić information content (AvgIpc) is 2.74. The molecule has 2 amide bonds. The van der Waals surface area contributed by atoms with E-state index in [1.54, 1.807) is 11.1 Å². The molecule has 0 aliphatic heterocycles. The molecule has 0 saturated heterocycles. The third kappa shape index (κ3) is 7.62. The average molecular weight is 399 g/mol. The van der Waals surface area contributed by atoms with Gasteiger partial charge in [-0.05, 0) is 12.0 Å². The third-order valence-electron chi connectivity index (χ3n) is 4.61. The van der Waals surface area contributed by atoms with Crippen LogP contribution in [0.2, 0.25) is 0 Å². The molecule has 1 heterocycles. The Bertz CT molecular complexity index is 752. The zero-order valence-electron chi connectivity index (χ0n) is 17.7. The van der Waals surface area contributed by atoms with Gasteiger partial charge >= 0.3 is 0 Å². The third-order valence-corrected chi connectivity index (χ3v) is 4.61. The maximum atomic E-state index is 13.0. The lowest BCUT2D eigenvalue weighted by Crippen LogP contribution is -3.06. The highest BCUT2D eigenvalue weighted by Gasteiger charge is 2.20. The lowest BCUT2D eigenvalue weighted by molar-refractivity contribution is -0.857. The van der Waals surface area contributed by atoms with E-state index in [4.69, 9.17) is 0 Å². The van der Waals surface area contributed by atoms with Crippen molar-refractivity contribution >= 4 is 11.8 Å². The van der Waals surface area contributed by atoms with Crippen molar-refractivity contribution in [3.63, 3.8) is 0 Å². The fraction of sp³-hybridized carbons (Fsp3) is 0.455. The van der Waals surface area contributed by atoms with Gasteiger partial charge in [-0.15, -0.1) is 0 Å². The molecule has 0 bridgehead atoms. The van der Waals surface area contributed by atoms with Crippen LogP contribution in [-0.4, -0.2) is 71.9 Å². The molecular formula is C22H32N5O2+. The number of aromatic nitrogens is 2. The number of hydrogen-bond donors (Lipinski definition) is 1. The largest absolute Gasteiger partial charge is 0.338 e. The normalized spacial score (nSPS) is 10.8. The monoisotopic (exact) mass is 398 g/mol. The van der Waals surface area contributed by atoms with Gasteiger partial charge in [0.15, 0.2) is 0 Å². The van der Waals surface area contributed by atoms with Crippen LogP contribution in [0.25, 0.3) is 0 Å². The molecular weight excluding hydrogens is 366 g/mol. The van der Waals surface area contributed by atoms with Gasteiger partial charge in [0.1, 0.15) is 5.69 Å². The van der Waals surface area contributed by atoms with Crippen molar-refractivity contribution in [3.8, 4) is 0 Å². The minimum atomic E-state index is -0.180. The van der Waals surface area contributed by atoms with Gasteiger partial charge in [0.25, 0.3) is 5.91 Å². The number of carbonyl (C=O) groups is 2. The number of carbonyl (C=O) groups excluding carboxylic acids is 2. The van der Waals surface area contributed by atoms with Gasteiger partial charge in [0, 0.05) is 38.4 Å². The van der Waals surface area contributed by atoms with E-state index in [0.29, 0.717) is 38.3 Å². The van der Waals surface area contributed by atoms with Crippen LogP contribution in [0, 0.1) is 0 Å². The number of benzene rings is 1. The van der Waals surface area contributed by atoms with E-state index in [1.165, 1.54) is 17.3 Å². The van der Waals surface area contributed by atoms with Crippen molar-refractivity contribution in [1.82, 2.24) is 19.8 Å². The molecule has 0 saturated carbocycles. The molecule has 0 unspecified atom stereocenters. The Morgan fingerprint density at radius 3 is 2.38 bits per heavy atom. The van der Waals surface area contributed by atoms with Gasteiger partial charge in [0.05, 0.1) is 33.4 Å². The maximum Gasteiger partial charge on any atom is 0.274 e. The minimum Gasteiger partial charge on any atom is -0.338 e. The summed E-state index contributed by atoms with van der Waals surface area (Å²) < 4.78 is 0. The summed E-state index contributed by atoms with van der Waals surface area (Å²) in [6, 6.07) is 10.0. The predicted molar refractivity (Wildman–Crippen MR) is 112 cm³/mol. The van der Waals surface area contributed by atoms with Crippen molar-refractivity contribution in [2.45, 2.75) is 26.3 Å². The van der Waals surface area contributed by atoms with Crippen LogP contribution >= 0.6 is 0 Å². The highest BCUT2D eigenvalue weighted by molar-refractivity contribution is 5.92. The zero-order valence-corrected chi connectivity index (χ0v) is 17.7. The number of amides is 2. The van der Waals surface area contributed by atoms with E-state index in [2.05, 4.69) is 24.1 Å². The molecule has 156 valence electrons. The fourth-order valence-corrected chi connectivity index (χ4v) is 3.00. The molecule has 29 heavy (non-hydrogen) atoms. The van der Waals surface area contributed by atoms with Gasteiger partial charge in [-0.25, -0.2) is 4.98 Å². The maximum absolute atomic E-state index is 13.0. The minimum absolute atomic E-state index is 0.0585. The van der Waals surface area contributed by atoms with Crippen LogP contribution in [0.4, 0.5) is 0 Å². The second kappa shape index (κ2) is 11.9. The summed E-state index contributed by atoms with van der Waals surface area (Å²) >= 11 is 0. The molecule has 0 aliphatic carbocycles. The molecule has 0 atom stereocenters. The molecule has 1 aromatic heterocycles. The summed E-state index contributed by atoms with van der Waals surface area (Å²) in [5.41, 5.74) is 1.42. The summed E-state index contributed by atoms with van der Waals surface area (Å²) in [6.07, 6.45) is 5.63. The van der Waals surface area contributed by atoms with Crippen LogP contribution in [-0.2, 0) is 11.3 Å². The Kier molecular flexibility index (Phi) is 9.24. The molecule has 2 rings (SSSR count). The van der Waals surface area contributed by atoms with E-state index in [-0.39, 0.29) is 11.8 Å². The lowest BCUT2D eigenvalue weighted by Gasteiger charge is -2.26. The second-order valence-corrected chi connectivity index (χ2v) is 7.39. The van der Waals surface area contributed by atoms with Crippen molar-refractivity contribution in [2.24, 2.45) is 0 Å². The first-order valence-corrected chi connectivity index (χ1v) is 10.2. The highest BCUT2D eigenvalue weighted by Crippen LogP contribution is 2.08. The quantitative estimate of drug-likeness (QED) is 0.610. The van der Waals surface area contributed by atoms with Crippen LogP contribution in [0.1, 0.15) is 35.8 Å². The fourth-order valence-electron chi connectivity index (χ4n) is 3.00. The SMILES string of the molecule is CCCN(CCC(=O)N(CC[NH+](C)C)Cc1ccccc1)C(=O)c1cnccn1. The van der Waals surface area contributed by atoms with E-state index < -0.39 is 0 Å². The topological polar surface area (TPSA) is 70.8 Å². The van der Waals surface area contributed by atoms with E-state index in [9.17, 15) is 9.59 Å². The highest BCUT2D eigenvalue weighted by atomic mass is 16.2. The molecule has 0 radical (unpaired) electrons. The summed E-state index contributed by atoms with van der Waals surface area (Å²) in [4.78, 5) is 38.6. The second-order valence-electron chi connectivity index (χ2n) is 7.39. The van der Waals surface area contributed by atoms with E-state index >= 15 is 0 Å². The van der Waals surface area contributed by atoms with Crippen LogP contribution in [0.5, 0.6) is 0 Å². The van der Waals surface area contributed by atoms with Gasteiger partial charge in [-0.2, -0.15) is 0 Å². The number of hydrogen-bond acceptors (Lipinski definition) is 4. The van der Waals surface area contributed by atoms with Crippen molar-refractivity contribution < 1.29 is 14.5 Å². The zero-order chi connectivity index (χ0) is 21.1. The summed E-state index contributed by atoms with van der Waals surface area (Å²) in [6.45, 7) is 5.11. The Balaban J connectivity index is 2.02. The Morgan fingerprint density at radius 2 is 1.76 bits per heavy atom. The number of nitrogens with zero attached hydrogens (tertiary/aromatic N) is 4. The summed E-state index contributed by atoms with van der Waals surface area (Å²) in [5.74, 6) is -0.122. The predicted octanol–water partition coefficient (Wildman–Crippen LogP) is 0.892. The first kappa shape index (κ1) is 22.5. The number of likely N-dealkylation sites (N-methyl/N-ethyl adjacent to an activating group) is 1. The first-order chi connectivity index (χ1) is 14.0. The Labute approximate surface area is 173 Å². The van der Waals surface area contributed by atoms with Crippen LogP contribution in [0.3, 0.4) is 0 Å². The van der Waals surface area contributed by atoms with Crippen LogP contribution in [0.15, 0.2) is 48.9 Å². The molecule has 1 N–H and O–H groups in total. The number of quaternary nitrogens is 1.